The summed E-state index contributed by atoms with van der Waals surface area (Å²) in [7, 11) is 2.95. The molecule has 0 aromatic heterocycles. The van der Waals surface area contributed by atoms with Gasteiger partial charge >= 0.3 is 0 Å². The fourth-order valence-corrected chi connectivity index (χ4v) is 2.30. The molecule has 1 N–H and O–H groups in total. The second-order valence-corrected chi connectivity index (χ2v) is 5.12. The van der Waals surface area contributed by atoms with Crippen LogP contribution in [0.25, 0.3) is 0 Å². The summed E-state index contributed by atoms with van der Waals surface area (Å²) in [6.45, 7) is 0.405. The van der Waals surface area contributed by atoms with Gasteiger partial charge in [-0.2, -0.15) is 0 Å². The molecule has 0 heterocycles. The highest BCUT2D eigenvalue weighted by atomic mass is 35.5. The number of hydrogen-bond donors (Lipinski definition) is 1. The maximum Gasteiger partial charge on any atom is 0.258 e. The first kappa shape index (κ1) is 17.9. The number of ether oxygens (including phenoxy) is 3. The molecule has 2 aromatic rings. The van der Waals surface area contributed by atoms with Crippen LogP contribution in [-0.4, -0.2) is 33.3 Å². The van der Waals surface area contributed by atoms with Crippen molar-refractivity contribution in [2.45, 2.75) is 0 Å². The van der Waals surface area contributed by atoms with E-state index < -0.39 is 5.82 Å². The molecule has 0 saturated heterocycles. The quantitative estimate of drug-likeness (QED) is 0.776. The Morgan fingerprint density at radius 3 is 2.38 bits per heavy atom. The Labute approximate surface area is 144 Å². The zero-order valence-corrected chi connectivity index (χ0v) is 14.0. The molecule has 0 atom stereocenters. The molecule has 128 valence electrons. The molecule has 0 radical (unpaired) electrons. The van der Waals surface area contributed by atoms with Crippen molar-refractivity contribution in [1.29, 1.82) is 0 Å². The van der Waals surface area contributed by atoms with Crippen molar-refractivity contribution >= 4 is 17.5 Å². The van der Waals surface area contributed by atoms with Gasteiger partial charge in [-0.1, -0.05) is 17.7 Å². The first-order valence-electron chi connectivity index (χ1n) is 7.14. The molecule has 0 spiro atoms. The summed E-state index contributed by atoms with van der Waals surface area (Å²) in [5.41, 5.74) is 0.308. The molecule has 0 unspecified atom stereocenters. The average Bonchev–Trinajstić information content (AvgIpc) is 2.59. The lowest BCUT2D eigenvalue weighted by atomic mass is 10.1. The molecular weight excluding hydrogens is 337 g/mol. The molecule has 0 bridgehead atoms. The molecule has 2 rings (SSSR count). The minimum atomic E-state index is -0.441. The maximum atomic E-state index is 13.0. The summed E-state index contributed by atoms with van der Waals surface area (Å²) in [5, 5.41) is 2.88. The number of methoxy groups -OCH3 is 2. The first-order chi connectivity index (χ1) is 11.6. The molecule has 5 nitrogen and oxygen atoms in total. The van der Waals surface area contributed by atoms with Crippen molar-refractivity contribution in [3.05, 3.63) is 52.8 Å². The number of hydrogen-bond acceptors (Lipinski definition) is 4. The highest BCUT2D eigenvalue weighted by Crippen LogP contribution is 2.28. The van der Waals surface area contributed by atoms with Gasteiger partial charge in [0.15, 0.2) is 0 Å². The molecule has 0 aliphatic carbocycles. The highest BCUT2D eigenvalue weighted by molar-refractivity contribution is 6.32. The van der Waals surface area contributed by atoms with E-state index in [2.05, 4.69) is 5.32 Å². The van der Waals surface area contributed by atoms with Crippen LogP contribution in [0.1, 0.15) is 10.4 Å². The number of benzene rings is 2. The van der Waals surface area contributed by atoms with Crippen LogP contribution < -0.4 is 19.5 Å². The van der Waals surface area contributed by atoms with Crippen molar-refractivity contribution in [3.63, 3.8) is 0 Å². The summed E-state index contributed by atoms with van der Waals surface area (Å²) in [5.74, 6) is 0.382. The van der Waals surface area contributed by atoms with E-state index in [0.717, 1.165) is 6.07 Å². The van der Waals surface area contributed by atoms with Crippen molar-refractivity contribution in [2.75, 3.05) is 27.4 Å². The molecule has 0 saturated carbocycles. The van der Waals surface area contributed by atoms with E-state index in [0.29, 0.717) is 22.8 Å². The van der Waals surface area contributed by atoms with Gasteiger partial charge in [0.2, 0.25) is 0 Å². The van der Waals surface area contributed by atoms with Crippen LogP contribution in [0.4, 0.5) is 4.39 Å². The van der Waals surface area contributed by atoms with E-state index in [1.165, 1.54) is 26.4 Å². The van der Waals surface area contributed by atoms with Gasteiger partial charge in [-0.3, -0.25) is 4.79 Å². The van der Waals surface area contributed by atoms with Crippen LogP contribution in [0, 0.1) is 5.82 Å². The number of rotatable bonds is 7. The second-order valence-electron chi connectivity index (χ2n) is 4.72. The Morgan fingerprint density at radius 2 is 1.79 bits per heavy atom. The van der Waals surface area contributed by atoms with E-state index in [4.69, 9.17) is 25.8 Å². The topological polar surface area (TPSA) is 56.8 Å². The Morgan fingerprint density at radius 1 is 1.12 bits per heavy atom. The molecule has 0 aliphatic heterocycles. The van der Waals surface area contributed by atoms with Crippen molar-refractivity contribution < 1.29 is 23.4 Å². The lowest BCUT2D eigenvalue weighted by molar-refractivity contribution is 0.0940. The van der Waals surface area contributed by atoms with Crippen molar-refractivity contribution in [3.8, 4) is 17.2 Å². The normalized spacial score (nSPS) is 10.2. The average molecular weight is 354 g/mol. The molecule has 1 amide bonds. The lowest BCUT2D eigenvalue weighted by Gasteiger charge is -2.13. The predicted molar refractivity (Wildman–Crippen MR) is 88.8 cm³/mol. The highest BCUT2D eigenvalue weighted by Gasteiger charge is 2.17. The smallest absolute Gasteiger partial charge is 0.258 e. The zero-order valence-electron chi connectivity index (χ0n) is 13.3. The third-order valence-corrected chi connectivity index (χ3v) is 3.49. The fourth-order valence-electron chi connectivity index (χ4n) is 2.08. The minimum Gasteiger partial charge on any atom is -0.496 e. The van der Waals surface area contributed by atoms with Crippen LogP contribution in [0.2, 0.25) is 5.02 Å². The minimum absolute atomic E-state index is 0.174. The van der Waals surface area contributed by atoms with Gasteiger partial charge in [0, 0.05) is 0 Å². The summed E-state index contributed by atoms with van der Waals surface area (Å²) >= 11 is 5.86. The van der Waals surface area contributed by atoms with Gasteiger partial charge in [-0.05, 0) is 30.3 Å². The molecule has 0 aliphatic rings. The van der Waals surface area contributed by atoms with Gasteiger partial charge in [-0.15, -0.1) is 0 Å². The number of carbonyl (C=O) groups is 1. The summed E-state index contributed by atoms with van der Waals surface area (Å²) in [6, 6.07) is 8.92. The first-order valence-corrected chi connectivity index (χ1v) is 7.51. The lowest BCUT2D eigenvalue weighted by Crippen LogP contribution is -2.28. The third kappa shape index (κ3) is 4.29. The van der Waals surface area contributed by atoms with Crippen molar-refractivity contribution in [1.82, 2.24) is 5.32 Å². The van der Waals surface area contributed by atoms with Gasteiger partial charge in [0.1, 0.15) is 35.2 Å². The zero-order chi connectivity index (χ0) is 17.5. The van der Waals surface area contributed by atoms with Crippen LogP contribution in [-0.2, 0) is 0 Å². The predicted octanol–water partition coefficient (Wildman–Crippen LogP) is 3.31. The van der Waals surface area contributed by atoms with Gasteiger partial charge in [-0.25, -0.2) is 4.39 Å². The van der Waals surface area contributed by atoms with E-state index in [-0.39, 0.29) is 24.1 Å². The van der Waals surface area contributed by atoms with E-state index in [9.17, 15) is 9.18 Å². The van der Waals surface area contributed by atoms with Crippen LogP contribution >= 0.6 is 11.6 Å². The Hall–Kier alpha value is -2.47. The molecule has 0 fully saturated rings. The van der Waals surface area contributed by atoms with E-state index in [1.807, 2.05) is 0 Å². The van der Waals surface area contributed by atoms with Crippen LogP contribution in [0.5, 0.6) is 17.2 Å². The SMILES string of the molecule is COc1cccc(OC)c1C(=O)NCCOc1ccc(F)cc1Cl. The van der Waals surface area contributed by atoms with Crippen LogP contribution in [0.15, 0.2) is 36.4 Å². The number of amides is 1. The standard InChI is InChI=1S/C17H17ClFNO4/c1-22-14-4-3-5-15(23-2)16(14)17(21)20-8-9-24-13-7-6-11(19)10-12(13)18/h3-7,10H,8-9H2,1-2H3,(H,20,21). The molecule has 2 aromatic carbocycles. The van der Waals surface area contributed by atoms with Crippen molar-refractivity contribution in [2.24, 2.45) is 0 Å². The largest absolute Gasteiger partial charge is 0.496 e. The Kier molecular flexibility index (Phi) is 6.26. The monoisotopic (exact) mass is 353 g/mol. The molecule has 24 heavy (non-hydrogen) atoms. The Balaban J connectivity index is 1.94. The maximum absolute atomic E-state index is 13.0. The van der Waals surface area contributed by atoms with E-state index >= 15 is 0 Å². The van der Waals surface area contributed by atoms with Crippen LogP contribution in [0.3, 0.4) is 0 Å². The third-order valence-electron chi connectivity index (χ3n) is 3.19. The Bertz CT molecular complexity index is 701. The molecular formula is C17H17ClFNO4. The number of carbonyl (C=O) groups excluding carboxylic acids is 1. The van der Waals surface area contributed by atoms with Gasteiger partial charge in [0.05, 0.1) is 25.8 Å². The van der Waals surface area contributed by atoms with Gasteiger partial charge in [0.25, 0.3) is 5.91 Å². The van der Waals surface area contributed by atoms with Gasteiger partial charge < -0.3 is 19.5 Å². The van der Waals surface area contributed by atoms with E-state index in [1.54, 1.807) is 18.2 Å². The fraction of sp³-hybridized carbons (Fsp3) is 0.235. The summed E-state index contributed by atoms with van der Waals surface area (Å²) < 4.78 is 28.7. The molecule has 7 heteroatoms. The number of halogens is 2. The summed E-state index contributed by atoms with van der Waals surface area (Å²) in [6.07, 6.45) is 0. The summed E-state index contributed by atoms with van der Waals surface area (Å²) in [4.78, 5) is 12.3. The second kappa shape index (κ2) is 8.40. The number of nitrogens with one attached hydrogen (secondary N) is 1.